The third-order valence-electron chi connectivity index (χ3n) is 5.20. The molecular weight excluding hydrogens is 406 g/mol. The van der Waals surface area contributed by atoms with E-state index in [4.69, 9.17) is 4.84 Å². The van der Waals surface area contributed by atoms with E-state index >= 15 is 0 Å². The molecule has 0 saturated carbocycles. The molecule has 1 aromatic heterocycles. The lowest BCUT2D eigenvalue weighted by molar-refractivity contribution is -0.126. The van der Waals surface area contributed by atoms with Gasteiger partial charge in [-0.25, -0.2) is 8.42 Å². The standard InChI is InChI=1S/C20H29N5O4S/c1-3-24(4-2)30(27,28)17-10-11-18-19(14-17)25(23-22-18)29-15-20(26)21-13-12-16-8-6-5-7-9-16/h8,10-11,14H,3-7,9,12-13,15H2,1-2H3,(H,21,26). The van der Waals surface area contributed by atoms with Crippen LogP contribution in [-0.4, -0.2) is 60.0 Å². The third kappa shape index (κ3) is 5.17. The van der Waals surface area contributed by atoms with Crippen LogP contribution in [0.25, 0.3) is 11.0 Å². The third-order valence-corrected chi connectivity index (χ3v) is 7.25. The zero-order valence-corrected chi connectivity index (χ0v) is 18.3. The largest absolute Gasteiger partial charge is 0.385 e. The van der Waals surface area contributed by atoms with Gasteiger partial charge in [0.25, 0.3) is 5.91 Å². The topological polar surface area (TPSA) is 106 Å². The summed E-state index contributed by atoms with van der Waals surface area (Å²) in [5.74, 6) is -0.262. The Morgan fingerprint density at radius 2 is 2.07 bits per heavy atom. The second-order valence-electron chi connectivity index (χ2n) is 7.18. The highest BCUT2D eigenvalue weighted by Gasteiger charge is 2.23. The molecule has 0 bridgehead atoms. The summed E-state index contributed by atoms with van der Waals surface area (Å²) in [6, 6.07) is 4.55. The lowest BCUT2D eigenvalue weighted by Gasteiger charge is -2.18. The zero-order valence-electron chi connectivity index (χ0n) is 17.5. The first kappa shape index (κ1) is 22.2. The Kier molecular flexibility index (Phi) is 7.43. The lowest BCUT2D eigenvalue weighted by atomic mass is 9.97. The molecule has 1 N–H and O–H groups in total. The molecule has 164 valence electrons. The van der Waals surface area contributed by atoms with Gasteiger partial charge in [-0.1, -0.05) is 30.3 Å². The van der Waals surface area contributed by atoms with Gasteiger partial charge in [-0.15, -0.1) is 5.10 Å². The molecule has 2 aromatic rings. The van der Waals surface area contributed by atoms with E-state index < -0.39 is 10.0 Å². The molecule has 0 spiro atoms. The van der Waals surface area contributed by atoms with Gasteiger partial charge in [0.1, 0.15) is 11.0 Å². The molecule has 0 unspecified atom stereocenters. The van der Waals surface area contributed by atoms with Crippen LogP contribution in [0.15, 0.2) is 34.7 Å². The molecule has 0 saturated heterocycles. The first-order chi connectivity index (χ1) is 14.5. The van der Waals surface area contributed by atoms with E-state index in [1.165, 1.54) is 34.9 Å². The molecule has 10 heteroatoms. The normalized spacial score (nSPS) is 14.7. The molecule has 1 amide bonds. The summed E-state index contributed by atoms with van der Waals surface area (Å²) < 4.78 is 26.9. The van der Waals surface area contributed by atoms with E-state index in [1.807, 2.05) is 0 Å². The van der Waals surface area contributed by atoms with Gasteiger partial charge in [0, 0.05) is 19.6 Å². The van der Waals surface area contributed by atoms with Crippen LogP contribution in [0.2, 0.25) is 0 Å². The van der Waals surface area contributed by atoms with Crippen molar-refractivity contribution in [3.63, 3.8) is 0 Å². The highest BCUT2D eigenvalue weighted by molar-refractivity contribution is 7.89. The summed E-state index contributed by atoms with van der Waals surface area (Å²) in [5, 5.41) is 10.7. The number of carbonyl (C=O) groups excluding carboxylic acids is 1. The monoisotopic (exact) mass is 435 g/mol. The van der Waals surface area contributed by atoms with E-state index in [2.05, 4.69) is 21.7 Å². The van der Waals surface area contributed by atoms with E-state index in [-0.39, 0.29) is 17.4 Å². The van der Waals surface area contributed by atoms with Crippen molar-refractivity contribution in [2.75, 3.05) is 26.2 Å². The maximum Gasteiger partial charge on any atom is 0.260 e. The highest BCUT2D eigenvalue weighted by atomic mass is 32.2. The molecule has 1 aromatic carbocycles. The minimum absolute atomic E-state index is 0.135. The molecule has 1 heterocycles. The average Bonchev–Trinajstić information content (AvgIpc) is 3.16. The zero-order chi connectivity index (χ0) is 21.6. The van der Waals surface area contributed by atoms with Crippen LogP contribution in [0.1, 0.15) is 46.0 Å². The fraction of sp³-hybridized carbons (Fsp3) is 0.550. The van der Waals surface area contributed by atoms with Crippen LogP contribution >= 0.6 is 0 Å². The fourth-order valence-electron chi connectivity index (χ4n) is 3.51. The molecule has 0 aliphatic heterocycles. The van der Waals surface area contributed by atoms with Gasteiger partial charge in [0.05, 0.1) is 4.90 Å². The minimum Gasteiger partial charge on any atom is -0.385 e. The van der Waals surface area contributed by atoms with Crippen molar-refractivity contribution in [2.24, 2.45) is 0 Å². The van der Waals surface area contributed by atoms with Crippen LogP contribution in [-0.2, 0) is 14.8 Å². The molecular formula is C20H29N5O4S. The summed E-state index contributed by atoms with van der Waals surface area (Å²) in [6.07, 6.45) is 7.80. The predicted molar refractivity (Wildman–Crippen MR) is 113 cm³/mol. The summed E-state index contributed by atoms with van der Waals surface area (Å²) >= 11 is 0. The first-order valence-corrected chi connectivity index (χ1v) is 11.8. The highest BCUT2D eigenvalue weighted by Crippen LogP contribution is 2.21. The number of sulfonamides is 1. The summed E-state index contributed by atoms with van der Waals surface area (Å²) in [6.45, 7) is 4.67. The quantitative estimate of drug-likeness (QED) is 0.571. The molecule has 30 heavy (non-hydrogen) atoms. The minimum atomic E-state index is -3.62. The van der Waals surface area contributed by atoms with Gasteiger partial charge in [-0.3, -0.25) is 4.79 Å². The second-order valence-corrected chi connectivity index (χ2v) is 9.12. The SMILES string of the molecule is CCN(CC)S(=O)(=O)c1ccc2nnn(OCC(=O)NCCC3=CCCCC3)c2c1. The summed E-state index contributed by atoms with van der Waals surface area (Å²) in [4.78, 5) is 18.8. The van der Waals surface area contributed by atoms with Crippen molar-refractivity contribution < 1.29 is 18.0 Å². The van der Waals surface area contributed by atoms with Crippen LogP contribution in [0.5, 0.6) is 0 Å². The van der Waals surface area contributed by atoms with E-state index in [9.17, 15) is 13.2 Å². The van der Waals surface area contributed by atoms with Crippen LogP contribution in [0.3, 0.4) is 0 Å². The molecule has 0 atom stereocenters. The van der Waals surface area contributed by atoms with E-state index in [1.54, 1.807) is 19.9 Å². The van der Waals surface area contributed by atoms with Crippen molar-refractivity contribution in [1.82, 2.24) is 24.8 Å². The number of nitrogens with zero attached hydrogens (tertiary/aromatic N) is 4. The Balaban J connectivity index is 1.62. The number of aromatic nitrogens is 3. The van der Waals surface area contributed by atoms with Crippen molar-refractivity contribution in [3.05, 3.63) is 29.8 Å². The Morgan fingerprint density at radius 1 is 1.27 bits per heavy atom. The van der Waals surface area contributed by atoms with Crippen molar-refractivity contribution in [2.45, 2.75) is 50.8 Å². The molecule has 0 fully saturated rings. The number of rotatable bonds is 10. The number of amides is 1. The maximum absolute atomic E-state index is 12.8. The Labute approximate surface area is 177 Å². The van der Waals surface area contributed by atoms with E-state index in [0.29, 0.717) is 30.7 Å². The number of allylic oxidation sites excluding steroid dienone is 1. The molecule has 9 nitrogen and oxygen atoms in total. The predicted octanol–water partition coefficient (Wildman–Crippen LogP) is 1.90. The lowest BCUT2D eigenvalue weighted by Crippen LogP contribution is -2.33. The molecule has 0 radical (unpaired) electrons. The van der Waals surface area contributed by atoms with Gasteiger partial charge in [0.15, 0.2) is 6.61 Å². The number of benzene rings is 1. The molecule has 1 aliphatic rings. The van der Waals surface area contributed by atoms with Crippen molar-refractivity contribution in [1.29, 1.82) is 0 Å². The number of fused-ring (bicyclic) bond motifs is 1. The van der Waals surface area contributed by atoms with E-state index in [0.717, 1.165) is 24.1 Å². The van der Waals surface area contributed by atoms with Gasteiger partial charge in [-0.2, -0.15) is 4.31 Å². The van der Waals surface area contributed by atoms with Crippen molar-refractivity contribution in [3.8, 4) is 0 Å². The van der Waals surface area contributed by atoms with Crippen LogP contribution in [0.4, 0.5) is 0 Å². The number of hydrogen-bond acceptors (Lipinski definition) is 6. The van der Waals surface area contributed by atoms with Crippen LogP contribution < -0.4 is 10.2 Å². The number of carbonyl (C=O) groups is 1. The van der Waals surface area contributed by atoms with Gasteiger partial charge < -0.3 is 10.2 Å². The Morgan fingerprint density at radius 3 is 2.77 bits per heavy atom. The van der Waals surface area contributed by atoms with Gasteiger partial charge in [-0.05, 0) is 55.5 Å². The Bertz CT molecular complexity index is 1010. The summed E-state index contributed by atoms with van der Waals surface area (Å²) in [7, 11) is -3.62. The maximum atomic E-state index is 12.8. The first-order valence-electron chi connectivity index (χ1n) is 10.4. The Hall–Kier alpha value is -2.46. The van der Waals surface area contributed by atoms with Gasteiger partial charge >= 0.3 is 0 Å². The number of nitrogens with one attached hydrogen (secondary N) is 1. The smallest absolute Gasteiger partial charge is 0.260 e. The molecule has 1 aliphatic carbocycles. The summed E-state index contributed by atoms with van der Waals surface area (Å²) in [5.41, 5.74) is 2.27. The average molecular weight is 436 g/mol. The van der Waals surface area contributed by atoms with Crippen molar-refractivity contribution >= 4 is 27.0 Å². The second kappa shape index (κ2) is 10.0. The van der Waals surface area contributed by atoms with Crippen LogP contribution in [0, 0.1) is 0 Å². The molecule has 3 rings (SSSR count). The number of hydrogen-bond donors (Lipinski definition) is 1. The van der Waals surface area contributed by atoms with Gasteiger partial charge in [0.2, 0.25) is 10.0 Å². The fourth-order valence-corrected chi connectivity index (χ4v) is 4.99.